The number of halogens is 2. The molecule has 1 rings (SSSR count). The molecule has 4 nitrogen and oxygen atoms in total. The molecule has 2 N–H and O–H groups in total. The van der Waals surface area contributed by atoms with Gasteiger partial charge in [0.25, 0.3) is 5.91 Å². The van der Waals surface area contributed by atoms with Crippen LogP contribution in [-0.2, 0) is 4.79 Å². The predicted octanol–water partition coefficient (Wildman–Crippen LogP) is 2.02. The van der Waals surface area contributed by atoms with Gasteiger partial charge in [-0.05, 0) is 54.6 Å². The van der Waals surface area contributed by atoms with Gasteiger partial charge in [0, 0.05) is 3.57 Å². The van der Waals surface area contributed by atoms with E-state index in [9.17, 15) is 14.0 Å². The van der Waals surface area contributed by atoms with Gasteiger partial charge in [-0.25, -0.2) is 9.18 Å². The minimum Gasteiger partial charge on any atom is -0.480 e. The van der Waals surface area contributed by atoms with Crippen molar-refractivity contribution >= 4 is 34.5 Å². The maximum absolute atomic E-state index is 12.8. The van der Waals surface area contributed by atoms with Crippen LogP contribution in [0.3, 0.4) is 0 Å². The smallest absolute Gasteiger partial charge is 0.328 e. The number of rotatable bonds is 3. The van der Waals surface area contributed by atoms with Crippen LogP contribution in [0.15, 0.2) is 18.2 Å². The summed E-state index contributed by atoms with van der Waals surface area (Å²) in [4.78, 5) is 22.6. The van der Waals surface area contributed by atoms with Crippen LogP contribution in [-0.4, -0.2) is 22.5 Å². The average Bonchev–Trinajstić information content (AvgIpc) is 2.15. The average molecular weight is 351 g/mol. The Hall–Kier alpha value is -1.18. The fraction of sp³-hybridized carbons (Fsp3) is 0.273. The van der Waals surface area contributed by atoms with Crippen LogP contribution >= 0.6 is 22.6 Å². The van der Waals surface area contributed by atoms with Crippen LogP contribution in [0.4, 0.5) is 4.39 Å². The maximum atomic E-state index is 12.8. The van der Waals surface area contributed by atoms with Crippen molar-refractivity contribution in [2.45, 2.75) is 19.4 Å². The number of benzene rings is 1. The molecule has 0 radical (unpaired) electrons. The number of carboxylic acids is 1. The van der Waals surface area contributed by atoms with Gasteiger partial charge in [0.15, 0.2) is 0 Å². The standard InChI is InChI=1S/C11H11FINO3/c1-11(2,10(16)17)14-9(15)7-4-3-6(12)5-8(7)13/h3-5H,1-2H3,(H,14,15)(H,16,17). The highest BCUT2D eigenvalue weighted by Gasteiger charge is 2.29. The van der Waals surface area contributed by atoms with Crippen LogP contribution in [0.5, 0.6) is 0 Å². The quantitative estimate of drug-likeness (QED) is 0.819. The fourth-order valence-electron chi connectivity index (χ4n) is 1.08. The molecule has 0 unspecified atom stereocenters. The molecule has 0 atom stereocenters. The van der Waals surface area contributed by atoms with Gasteiger partial charge in [0.2, 0.25) is 0 Å². The number of hydrogen-bond donors (Lipinski definition) is 2. The lowest BCUT2D eigenvalue weighted by molar-refractivity contribution is -0.143. The topological polar surface area (TPSA) is 66.4 Å². The largest absolute Gasteiger partial charge is 0.480 e. The highest BCUT2D eigenvalue weighted by atomic mass is 127. The van der Waals surface area contributed by atoms with E-state index in [1.165, 1.54) is 26.0 Å². The first-order chi connectivity index (χ1) is 7.74. The molecule has 17 heavy (non-hydrogen) atoms. The Bertz CT molecular complexity index is 474. The third-order valence-corrected chi connectivity index (χ3v) is 3.03. The lowest BCUT2D eigenvalue weighted by Crippen LogP contribution is -2.49. The third-order valence-electron chi connectivity index (χ3n) is 2.14. The highest BCUT2D eigenvalue weighted by Crippen LogP contribution is 2.15. The predicted molar refractivity (Wildman–Crippen MR) is 68.3 cm³/mol. The van der Waals surface area contributed by atoms with Gasteiger partial charge in [-0.1, -0.05) is 0 Å². The van der Waals surface area contributed by atoms with E-state index in [4.69, 9.17) is 5.11 Å². The Morgan fingerprint density at radius 3 is 2.47 bits per heavy atom. The normalized spacial score (nSPS) is 11.1. The zero-order valence-corrected chi connectivity index (χ0v) is 11.4. The summed E-state index contributed by atoms with van der Waals surface area (Å²) >= 11 is 1.82. The van der Waals surface area contributed by atoms with Gasteiger partial charge in [-0.15, -0.1) is 0 Å². The van der Waals surface area contributed by atoms with E-state index in [1.54, 1.807) is 0 Å². The number of carbonyl (C=O) groups is 2. The molecule has 0 aliphatic heterocycles. The van der Waals surface area contributed by atoms with Gasteiger partial charge in [0.1, 0.15) is 11.4 Å². The van der Waals surface area contributed by atoms with E-state index in [0.29, 0.717) is 3.57 Å². The first-order valence-corrected chi connectivity index (χ1v) is 5.83. The molecular weight excluding hydrogens is 340 g/mol. The summed E-state index contributed by atoms with van der Waals surface area (Å²) in [5.41, 5.74) is -1.12. The molecule has 0 aliphatic carbocycles. The minimum atomic E-state index is -1.37. The summed E-state index contributed by atoms with van der Waals surface area (Å²) in [7, 11) is 0. The second kappa shape index (κ2) is 4.99. The summed E-state index contributed by atoms with van der Waals surface area (Å²) in [6.45, 7) is 2.76. The summed E-state index contributed by atoms with van der Waals surface area (Å²) < 4.78 is 13.3. The number of carbonyl (C=O) groups excluding carboxylic acids is 1. The number of aliphatic carboxylic acids is 1. The van der Waals surface area contributed by atoms with Crippen LogP contribution in [0.1, 0.15) is 24.2 Å². The molecule has 0 aromatic heterocycles. The van der Waals surface area contributed by atoms with Crippen molar-refractivity contribution in [2.24, 2.45) is 0 Å². The molecule has 1 aromatic carbocycles. The first kappa shape index (κ1) is 13.9. The van der Waals surface area contributed by atoms with E-state index in [0.717, 1.165) is 6.07 Å². The molecule has 0 spiro atoms. The Labute approximate surface area is 111 Å². The van der Waals surface area contributed by atoms with Crippen LogP contribution in [0.2, 0.25) is 0 Å². The first-order valence-electron chi connectivity index (χ1n) is 4.75. The molecular formula is C11H11FINO3. The number of carboxylic acid groups (broad SMARTS) is 1. The molecule has 1 amide bonds. The Kier molecular flexibility index (Phi) is 4.07. The molecule has 0 saturated carbocycles. The monoisotopic (exact) mass is 351 g/mol. The number of amides is 1. The molecule has 0 fully saturated rings. The SMILES string of the molecule is CC(C)(NC(=O)c1ccc(F)cc1I)C(=O)O. The maximum Gasteiger partial charge on any atom is 0.328 e. The molecule has 0 bridgehead atoms. The van der Waals surface area contributed by atoms with E-state index in [1.807, 2.05) is 22.6 Å². The van der Waals surface area contributed by atoms with Crippen molar-refractivity contribution in [3.05, 3.63) is 33.1 Å². The van der Waals surface area contributed by atoms with E-state index in [2.05, 4.69) is 5.32 Å². The second-order valence-corrected chi connectivity index (χ2v) is 5.17. The number of hydrogen-bond acceptors (Lipinski definition) is 2. The van der Waals surface area contributed by atoms with Crippen molar-refractivity contribution in [1.82, 2.24) is 5.32 Å². The summed E-state index contributed by atoms with van der Waals surface area (Å²) in [5, 5.41) is 11.2. The Balaban J connectivity index is 2.95. The van der Waals surface area contributed by atoms with Crippen molar-refractivity contribution in [1.29, 1.82) is 0 Å². The zero-order valence-electron chi connectivity index (χ0n) is 9.25. The molecule has 1 aromatic rings. The van der Waals surface area contributed by atoms with Crippen molar-refractivity contribution in [3.63, 3.8) is 0 Å². The van der Waals surface area contributed by atoms with E-state index in [-0.39, 0.29) is 5.56 Å². The highest BCUT2D eigenvalue weighted by molar-refractivity contribution is 14.1. The fourth-order valence-corrected chi connectivity index (χ4v) is 1.80. The Morgan fingerprint density at radius 2 is 2.00 bits per heavy atom. The van der Waals surface area contributed by atoms with E-state index < -0.39 is 23.2 Å². The van der Waals surface area contributed by atoms with Gasteiger partial charge in [-0.3, -0.25) is 4.79 Å². The summed E-state index contributed by atoms with van der Waals surface area (Å²) in [6, 6.07) is 3.69. The van der Waals surface area contributed by atoms with Crippen molar-refractivity contribution in [2.75, 3.05) is 0 Å². The van der Waals surface area contributed by atoms with Gasteiger partial charge >= 0.3 is 5.97 Å². The minimum absolute atomic E-state index is 0.251. The zero-order chi connectivity index (χ0) is 13.2. The Morgan fingerprint density at radius 1 is 1.41 bits per heavy atom. The second-order valence-electron chi connectivity index (χ2n) is 4.01. The van der Waals surface area contributed by atoms with Crippen LogP contribution in [0, 0.1) is 9.39 Å². The van der Waals surface area contributed by atoms with E-state index >= 15 is 0 Å². The molecule has 92 valence electrons. The molecule has 6 heteroatoms. The molecule has 0 aliphatic rings. The van der Waals surface area contributed by atoms with Crippen LogP contribution in [0.25, 0.3) is 0 Å². The summed E-state index contributed by atoms with van der Waals surface area (Å²) in [6.07, 6.45) is 0. The number of nitrogens with one attached hydrogen (secondary N) is 1. The summed E-state index contributed by atoms with van der Waals surface area (Å²) in [5.74, 6) is -2.12. The lowest BCUT2D eigenvalue weighted by atomic mass is 10.1. The lowest BCUT2D eigenvalue weighted by Gasteiger charge is -2.21. The third kappa shape index (κ3) is 3.39. The van der Waals surface area contributed by atoms with Crippen molar-refractivity contribution < 1.29 is 19.1 Å². The van der Waals surface area contributed by atoms with Crippen molar-refractivity contribution in [3.8, 4) is 0 Å². The molecule has 0 saturated heterocycles. The van der Waals surface area contributed by atoms with Gasteiger partial charge in [-0.2, -0.15) is 0 Å². The molecule has 0 heterocycles. The van der Waals surface area contributed by atoms with Crippen LogP contribution < -0.4 is 5.32 Å². The van der Waals surface area contributed by atoms with Gasteiger partial charge < -0.3 is 10.4 Å². The van der Waals surface area contributed by atoms with Gasteiger partial charge in [0.05, 0.1) is 5.56 Å².